The van der Waals surface area contributed by atoms with Crippen molar-refractivity contribution in [2.24, 2.45) is 0 Å². The van der Waals surface area contributed by atoms with E-state index in [9.17, 15) is 0 Å². The molecule has 0 aromatic heterocycles. The highest BCUT2D eigenvalue weighted by atomic mass is 15.2. The topological polar surface area (TPSA) is 15.3 Å². The predicted molar refractivity (Wildman–Crippen MR) is 62.5 cm³/mol. The summed E-state index contributed by atoms with van der Waals surface area (Å²) >= 11 is 0. The average molecular weight is 196 g/mol. The van der Waals surface area contributed by atoms with Gasteiger partial charge in [-0.2, -0.15) is 0 Å². The molecule has 1 heterocycles. The van der Waals surface area contributed by atoms with E-state index in [2.05, 4.69) is 30.6 Å². The van der Waals surface area contributed by atoms with Gasteiger partial charge in [-0.05, 0) is 32.7 Å². The van der Waals surface area contributed by atoms with Crippen LogP contribution >= 0.6 is 0 Å². The molecule has 1 fully saturated rings. The zero-order chi connectivity index (χ0) is 10.4. The van der Waals surface area contributed by atoms with Gasteiger partial charge >= 0.3 is 0 Å². The lowest BCUT2D eigenvalue weighted by Crippen LogP contribution is -2.47. The van der Waals surface area contributed by atoms with Gasteiger partial charge in [-0.1, -0.05) is 13.0 Å². The summed E-state index contributed by atoms with van der Waals surface area (Å²) in [6.45, 7) is 11.8. The molecule has 1 rings (SSSR count). The van der Waals surface area contributed by atoms with Crippen LogP contribution in [0.15, 0.2) is 12.7 Å². The van der Waals surface area contributed by atoms with Gasteiger partial charge in [0.1, 0.15) is 0 Å². The summed E-state index contributed by atoms with van der Waals surface area (Å²) in [5, 5.41) is 3.61. The van der Waals surface area contributed by atoms with Crippen molar-refractivity contribution in [2.45, 2.75) is 45.2 Å². The van der Waals surface area contributed by atoms with Gasteiger partial charge < -0.3 is 5.32 Å². The summed E-state index contributed by atoms with van der Waals surface area (Å²) < 4.78 is 0. The molecule has 0 aromatic rings. The minimum Gasteiger partial charge on any atom is -0.314 e. The summed E-state index contributed by atoms with van der Waals surface area (Å²) in [7, 11) is 0. The molecule has 0 aliphatic carbocycles. The van der Waals surface area contributed by atoms with Crippen LogP contribution in [-0.4, -0.2) is 36.6 Å². The molecule has 1 N–H and O–H groups in total. The average Bonchev–Trinajstić information content (AvgIpc) is 2.19. The van der Waals surface area contributed by atoms with Gasteiger partial charge in [-0.3, -0.25) is 4.90 Å². The number of nitrogens with one attached hydrogen (secondary N) is 1. The molecule has 0 saturated carbocycles. The summed E-state index contributed by atoms with van der Waals surface area (Å²) in [6.07, 6.45) is 5.82. The van der Waals surface area contributed by atoms with E-state index in [0.717, 1.165) is 12.6 Å². The minimum absolute atomic E-state index is 0.705. The van der Waals surface area contributed by atoms with E-state index >= 15 is 0 Å². The molecule has 1 aliphatic heterocycles. The molecule has 2 heteroatoms. The van der Waals surface area contributed by atoms with Gasteiger partial charge in [-0.15, -0.1) is 6.58 Å². The maximum absolute atomic E-state index is 3.80. The molecule has 0 amide bonds. The Kier molecular flexibility index (Phi) is 5.20. The van der Waals surface area contributed by atoms with Crippen LogP contribution in [0.2, 0.25) is 0 Å². The first kappa shape index (κ1) is 11.7. The fraction of sp³-hybridized carbons (Fsp3) is 0.833. The van der Waals surface area contributed by atoms with Gasteiger partial charge in [0.25, 0.3) is 0 Å². The monoisotopic (exact) mass is 196 g/mol. The number of hydrogen-bond donors (Lipinski definition) is 1. The largest absolute Gasteiger partial charge is 0.314 e. The van der Waals surface area contributed by atoms with Crippen molar-refractivity contribution in [1.82, 2.24) is 10.2 Å². The fourth-order valence-corrected chi connectivity index (χ4v) is 2.19. The van der Waals surface area contributed by atoms with Crippen molar-refractivity contribution in [3.05, 3.63) is 12.7 Å². The van der Waals surface area contributed by atoms with Crippen LogP contribution in [-0.2, 0) is 0 Å². The van der Waals surface area contributed by atoms with Gasteiger partial charge in [0.2, 0.25) is 0 Å². The van der Waals surface area contributed by atoms with E-state index in [1.807, 2.05) is 6.08 Å². The quantitative estimate of drug-likeness (QED) is 0.677. The van der Waals surface area contributed by atoms with E-state index in [-0.39, 0.29) is 0 Å². The molecule has 0 aromatic carbocycles. The van der Waals surface area contributed by atoms with Crippen LogP contribution in [0.4, 0.5) is 0 Å². The molecule has 0 spiro atoms. The third-order valence-electron chi connectivity index (χ3n) is 3.06. The van der Waals surface area contributed by atoms with Gasteiger partial charge in [0, 0.05) is 25.2 Å². The highest BCUT2D eigenvalue weighted by Crippen LogP contribution is 2.16. The van der Waals surface area contributed by atoms with Gasteiger partial charge in [-0.25, -0.2) is 0 Å². The first-order chi connectivity index (χ1) is 6.77. The summed E-state index contributed by atoms with van der Waals surface area (Å²) in [5.41, 5.74) is 0. The highest BCUT2D eigenvalue weighted by molar-refractivity contribution is 4.86. The molecule has 2 nitrogen and oxygen atoms in total. The predicted octanol–water partition coefficient (Wildman–Crippen LogP) is 2.02. The van der Waals surface area contributed by atoms with Crippen LogP contribution < -0.4 is 5.32 Å². The molecule has 0 radical (unpaired) electrons. The van der Waals surface area contributed by atoms with E-state index in [0.29, 0.717) is 6.04 Å². The van der Waals surface area contributed by atoms with Crippen LogP contribution in [0.1, 0.15) is 33.1 Å². The number of nitrogens with zero attached hydrogens (tertiary/aromatic N) is 1. The molecular weight excluding hydrogens is 172 g/mol. The Morgan fingerprint density at radius 3 is 2.93 bits per heavy atom. The lowest BCUT2D eigenvalue weighted by atomic mass is 9.98. The molecule has 1 aliphatic rings. The van der Waals surface area contributed by atoms with Crippen molar-refractivity contribution in [1.29, 1.82) is 0 Å². The number of hydrogen-bond acceptors (Lipinski definition) is 2. The van der Waals surface area contributed by atoms with Crippen LogP contribution in [0, 0.1) is 0 Å². The molecule has 0 bridgehead atoms. The highest BCUT2D eigenvalue weighted by Gasteiger charge is 2.23. The zero-order valence-electron chi connectivity index (χ0n) is 9.63. The molecule has 2 unspecified atom stereocenters. The third-order valence-corrected chi connectivity index (χ3v) is 3.06. The van der Waals surface area contributed by atoms with Gasteiger partial charge in [0.05, 0.1) is 0 Å². The molecular formula is C12H24N2. The Hall–Kier alpha value is -0.340. The fourth-order valence-electron chi connectivity index (χ4n) is 2.19. The van der Waals surface area contributed by atoms with Crippen molar-refractivity contribution in [2.75, 3.05) is 19.6 Å². The smallest absolute Gasteiger partial charge is 0.0163 e. The minimum atomic E-state index is 0.705. The lowest BCUT2D eigenvalue weighted by molar-refractivity contribution is 0.151. The Bertz CT molecular complexity index is 168. The summed E-state index contributed by atoms with van der Waals surface area (Å²) in [4.78, 5) is 2.51. The number of rotatable bonds is 5. The first-order valence-electron chi connectivity index (χ1n) is 5.86. The van der Waals surface area contributed by atoms with Crippen molar-refractivity contribution in [3.8, 4) is 0 Å². The third kappa shape index (κ3) is 3.43. The second-order valence-electron chi connectivity index (χ2n) is 4.31. The Labute approximate surface area is 88.4 Å². The van der Waals surface area contributed by atoms with E-state index in [1.165, 1.54) is 32.4 Å². The number of piperidine rings is 1. The maximum atomic E-state index is 3.80. The molecule has 2 atom stereocenters. The molecule has 82 valence electrons. The Morgan fingerprint density at radius 2 is 2.36 bits per heavy atom. The van der Waals surface area contributed by atoms with Crippen molar-refractivity contribution < 1.29 is 0 Å². The Morgan fingerprint density at radius 1 is 1.57 bits per heavy atom. The van der Waals surface area contributed by atoms with Crippen LogP contribution in [0.25, 0.3) is 0 Å². The van der Waals surface area contributed by atoms with E-state index < -0.39 is 0 Å². The van der Waals surface area contributed by atoms with Crippen LogP contribution in [0.3, 0.4) is 0 Å². The zero-order valence-corrected chi connectivity index (χ0v) is 9.63. The SMILES string of the molecule is C=CCN1CCC(NCCC)CC1C. The Balaban J connectivity index is 2.27. The van der Waals surface area contributed by atoms with E-state index in [4.69, 9.17) is 0 Å². The number of likely N-dealkylation sites (tertiary alicyclic amines) is 1. The standard InChI is InChI=1S/C12H24N2/c1-4-7-13-12-6-9-14(8-5-2)11(3)10-12/h5,11-13H,2,4,6-10H2,1,3H3. The summed E-state index contributed by atoms with van der Waals surface area (Å²) in [5.74, 6) is 0. The van der Waals surface area contributed by atoms with E-state index in [1.54, 1.807) is 0 Å². The molecule has 14 heavy (non-hydrogen) atoms. The summed E-state index contributed by atoms with van der Waals surface area (Å²) in [6, 6.07) is 1.45. The lowest BCUT2D eigenvalue weighted by Gasteiger charge is -2.37. The van der Waals surface area contributed by atoms with Gasteiger partial charge in [0.15, 0.2) is 0 Å². The van der Waals surface area contributed by atoms with Crippen molar-refractivity contribution >= 4 is 0 Å². The van der Waals surface area contributed by atoms with Crippen LogP contribution in [0.5, 0.6) is 0 Å². The second-order valence-corrected chi connectivity index (χ2v) is 4.31. The molecule has 1 saturated heterocycles. The second kappa shape index (κ2) is 6.20. The van der Waals surface area contributed by atoms with Crippen molar-refractivity contribution in [3.63, 3.8) is 0 Å². The maximum Gasteiger partial charge on any atom is 0.0163 e. The first-order valence-corrected chi connectivity index (χ1v) is 5.86. The normalized spacial score (nSPS) is 29.0.